The van der Waals surface area contributed by atoms with Gasteiger partial charge in [0.1, 0.15) is 5.82 Å². The number of hydrogen-bond donors (Lipinski definition) is 2. The number of carboxylic acid groups (broad SMARTS) is 1. The molecule has 0 unspecified atom stereocenters. The molecule has 0 aliphatic carbocycles. The van der Waals surface area contributed by atoms with Gasteiger partial charge in [0.2, 0.25) is 0 Å². The second kappa shape index (κ2) is 7.82. The number of carbonyl (C=O) groups is 2. The Hall–Kier alpha value is -4.19. The number of amides is 1. The number of anilines is 1. The lowest BCUT2D eigenvalue weighted by molar-refractivity contribution is 0.0698. The Morgan fingerprint density at radius 1 is 0.862 bits per heavy atom. The molecule has 6 heteroatoms. The summed E-state index contributed by atoms with van der Waals surface area (Å²) in [4.78, 5) is 28.7. The van der Waals surface area contributed by atoms with E-state index in [0.717, 1.165) is 11.1 Å². The summed E-state index contributed by atoms with van der Waals surface area (Å²) < 4.78 is 1.79. The van der Waals surface area contributed by atoms with Crippen LogP contribution in [0.3, 0.4) is 0 Å². The molecule has 0 aliphatic rings. The molecule has 0 aliphatic heterocycles. The number of pyridine rings is 1. The van der Waals surface area contributed by atoms with Crippen molar-refractivity contribution in [2.45, 2.75) is 0 Å². The van der Waals surface area contributed by atoms with Gasteiger partial charge in [0.25, 0.3) is 5.91 Å². The average molecular weight is 383 g/mol. The van der Waals surface area contributed by atoms with Crippen molar-refractivity contribution in [3.05, 3.63) is 103 Å². The first-order chi connectivity index (χ1) is 14.1. The zero-order valence-electron chi connectivity index (χ0n) is 15.3. The molecule has 0 saturated carbocycles. The van der Waals surface area contributed by atoms with E-state index in [4.69, 9.17) is 0 Å². The molecule has 0 atom stereocenters. The van der Waals surface area contributed by atoms with Crippen molar-refractivity contribution in [2.24, 2.45) is 0 Å². The zero-order valence-corrected chi connectivity index (χ0v) is 15.3. The van der Waals surface area contributed by atoms with Gasteiger partial charge in [0.05, 0.1) is 11.3 Å². The van der Waals surface area contributed by atoms with Gasteiger partial charge in [-0.25, -0.2) is 9.78 Å². The molecule has 2 N–H and O–H groups in total. The fourth-order valence-corrected chi connectivity index (χ4v) is 3.03. The van der Waals surface area contributed by atoms with E-state index in [2.05, 4.69) is 10.3 Å². The van der Waals surface area contributed by atoms with E-state index in [-0.39, 0.29) is 11.3 Å². The average Bonchev–Trinajstić information content (AvgIpc) is 3.29. The van der Waals surface area contributed by atoms with Gasteiger partial charge in [0.15, 0.2) is 0 Å². The van der Waals surface area contributed by atoms with Gasteiger partial charge in [-0.15, -0.1) is 0 Å². The van der Waals surface area contributed by atoms with Crippen LogP contribution >= 0.6 is 0 Å². The summed E-state index contributed by atoms with van der Waals surface area (Å²) in [6.07, 6.45) is 5.20. The molecule has 6 nitrogen and oxygen atoms in total. The van der Waals surface area contributed by atoms with Crippen LogP contribution < -0.4 is 5.32 Å². The predicted molar refractivity (Wildman–Crippen MR) is 110 cm³/mol. The van der Waals surface area contributed by atoms with Gasteiger partial charge in [-0.2, -0.15) is 0 Å². The molecule has 0 radical (unpaired) electrons. The van der Waals surface area contributed by atoms with Crippen molar-refractivity contribution in [1.29, 1.82) is 0 Å². The second-order valence-electron chi connectivity index (χ2n) is 6.38. The third-order valence-corrected chi connectivity index (χ3v) is 4.48. The van der Waals surface area contributed by atoms with E-state index in [9.17, 15) is 14.7 Å². The fourth-order valence-electron chi connectivity index (χ4n) is 3.03. The number of nitrogens with zero attached hydrogens (tertiary/aromatic N) is 2. The summed E-state index contributed by atoms with van der Waals surface area (Å²) in [5.41, 5.74) is 2.39. The van der Waals surface area contributed by atoms with Crippen LogP contribution in [0.4, 0.5) is 5.69 Å². The van der Waals surface area contributed by atoms with E-state index in [1.54, 1.807) is 35.0 Å². The molecule has 1 amide bonds. The van der Waals surface area contributed by atoms with Crippen molar-refractivity contribution in [3.8, 4) is 16.9 Å². The minimum absolute atomic E-state index is 0.0257. The van der Waals surface area contributed by atoms with Gasteiger partial charge in [0, 0.05) is 24.2 Å². The van der Waals surface area contributed by atoms with Crippen molar-refractivity contribution in [1.82, 2.24) is 9.55 Å². The SMILES string of the molecule is O=C(Nc1cc(-c2ccccc2)ccc1C(=O)O)c1ccnc(-n2cccc2)c1. The highest BCUT2D eigenvalue weighted by Crippen LogP contribution is 2.26. The van der Waals surface area contributed by atoms with Crippen LogP contribution in [0.15, 0.2) is 91.4 Å². The number of hydrogen-bond acceptors (Lipinski definition) is 3. The zero-order chi connectivity index (χ0) is 20.2. The third kappa shape index (κ3) is 3.91. The van der Waals surface area contributed by atoms with Gasteiger partial charge < -0.3 is 15.0 Å². The van der Waals surface area contributed by atoms with Crippen molar-refractivity contribution in [3.63, 3.8) is 0 Å². The highest BCUT2D eigenvalue weighted by Gasteiger charge is 2.15. The molecular weight excluding hydrogens is 366 g/mol. The smallest absolute Gasteiger partial charge is 0.337 e. The van der Waals surface area contributed by atoms with E-state index in [0.29, 0.717) is 11.4 Å². The topological polar surface area (TPSA) is 84.2 Å². The summed E-state index contributed by atoms with van der Waals surface area (Å²) in [5.74, 6) is -0.921. The molecule has 2 aromatic heterocycles. The van der Waals surface area contributed by atoms with Crippen LogP contribution in [0.1, 0.15) is 20.7 Å². The Labute approximate surface area is 167 Å². The number of carbonyl (C=O) groups excluding carboxylic acids is 1. The molecular formula is C23H17N3O3. The standard InChI is InChI=1S/C23H17N3O3/c27-22(18-10-11-24-21(15-18)26-12-4-5-13-26)25-20-14-17(8-9-19(20)23(28)29)16-6-2-1-3-7-16/h1-15H,(H,25,27)(H,28,29). The molecule has 0 fully saturated rings. The number of aromatic nitrogens is 2. The largest absolute Gasteiger partial charge is 0.478 e. The summed E-state index contributed by atoms with van der Waals surface area (Å²) in [5, 5.41) is 12.2. The van der Waals surface area contributed by atoms with Gasteiger partial charge in [-0.3, -0.25) is 4.79 Å². The molecule has 2 aromatic carbocycles. The van der Waals surface area contributed by atoms with Crippen LogP contribution in [0, 0.1) is 0 Å². The van der Waals surface area contributed by atoms with Gasteiger partial charge >= 0.3 is 5.97 Å². The Kier molecular flexibility index (Phi) is 4.90. The quantitative estimate of drug-likeness (QED) is 0.532. The number of rotatable bonds is 5. The summed E-state index contributed by atoms with van der Waals surface area (Å²) in [7, 11) is 0. The van der Waals surface area contributed by atoms with Crippen LogP contribution in [-0.4, -0.2) is 26.5 Å². The molecule has 0 bridgehead atoms. The van der Waals surface area contributed by atoms with Crippen molar-refractivity contribution in [2.75, 3.05) is 5.32 Å². The lowest BCUT2D eigenvalue weighted by Gasteiger charge is -2.12. The second-order valence-corrected chi connectivity index (χ2v) is 6.38. The fraction of sp³-hybridized carbons (Fsp3) is 0. The van der Waals surface area contributed by atoms with E-state index < -0.39 is 11.9 Å². The van der Waals surface area contributed by atoms with Crippen LogP contribution in [0.5, 0.6) is 0 Å². The highest BCUT2D eigenvalue weighted by molar-refractivity contribution is 6.08. The lowest BCUT2D eigenvalue weighted by atomic mass is 10.0. The summed E-state index contributed by atoms with van der Waals surface area (Å²) in [6, 6.07) is 21.4. The normalized spacial score (nSPS) is 10.5. The summed E-state index contributed by atoms with van der Waals surface area (Å²) >= 11 is 0. The number of carboxylic acids is 1. The van der Waals surface area contributed by atoms with Crippen molar-refractivity contribution < 1.29 is 14.7 Å². The maximum absolute atomic E-state index is 12.8. The van der Waals surface area contributed by atoms with Gasteiger partial charge in [-0.05, 0) is 47.5 Å². The maximum Gasteiger partial charge on any atom is 0.337 e. The first-order valence-electron chi connectivity index (χ1n) is 8.95. The molecule has 0 saturated heterocycles. The maximum atomic E-state index is 12.8. The molecule has 142 valence electrons. The van der Waals surface area contributed by atoms with E-state index in [1.807, 2.05) is 54.9 Å². The van der Waals surface area contributed by atoms with Crippen LogP contribution in [-0.2, 0) is 0 Å². The number of benzene rings is 2. The summed E-state index contributed by atoms with van der Waals surface area (Å²) in [6.45, 7) is 0. The molecule has 4 aromatic rings. The van der Waals surface area contributed by atoms with E-state index in [1.165, 1.54) is 6.07 Å². The van der Waals surface area contributed by atoms with Gasteiger partial charge in [-0.1, -0.05) is 36.4 Å². The Morgan fingerprint density at radius 2 is 1.62 bits per heavy atom. The molecule has 2 heterocycles. The molecule has 4 rings (SSSR count). The Bertz CT molecular complexity index is 1170. The third-order valence-electron chi connectivity index (χ3n) is 4.48. The minimum Gasteiger partial charge on any atom is -0.478 e. The Morgan fingerprint density at radius 3 is 2.34 bits per heavy atom. The molecule has 0 spiro atoms. The Balaban J connectivity index is 1.67. The lowest BCUT2D eigenvalue weighted by Crippen LogP contribution is -2.15. The van der Waals surface area contributed by atoms with E-state index >= 15 is 0 Å². The first kappa shape index (κ1) is 18.2. The van der Waals surface area contributed by atoms with Crippen molar-refractivity contribution >= 4 is 17.6 Å². The predicted octanol–water partition coefficient (Wildman–Crippen LogP) is 4.49. The monoisotopic (exact) mass is 383 g/mol. The highest BCUT2D eigenvalue weighted by atomic mass is 16.4. The number of aromatic carboxylic acids is 1. The number of nitrogens with one attached hydrogen (secondary N) is 1. The molecule has 29 heavy (non-hydrogen) atoms. The minimum atomic E-state index is -1.11. The van der Waals surface area contributed by atoms with Crippen LogP contribution in [0.25, 0.3) is 16.9 Å². The first-order valence-corrected chi connectivity index (χ1v) is 8.95. The van der Waals surface area contributed by atoms with Crippen LogP contribution in [0.2, 0.25) is 0 Å².